The van der Waals surface area contributed by atoms with Gasteiger partial charge in [-0.2, -0.15) is 0 Å². The van der Waals surface area contributed by atoms with Crippen molar-refractivity contribution in [1.82, 2.24) is 14.6 Å². The average molecular weight is 260 g/mol. The van der Waals surface area contributed by atoms with Gasteiger partial charge in [0.05, 0.1) is 11.0 Å². The number of anilines is 1. The molecule has 0 aliphatic heterocycles. The molecule has 0 bridgehead atoms. The molecule has 0 saturated heterocycles. The number of benzene rings is 2. The van der Waals surface area contributed by atoms with Gasteiger partial charge in [0.2, 0.25) is 0 Å². The molecule has 96 valence electrons. The molecule has 20 heavy (non-hydrogen) atoms. The largest absolute Gasteiger partial charge is 0.277 e. The van der Waals surface area contributed by atoms with Crippen LogP contribution in [0, 0.1) is 0 Å². The Labute approximate surface area is 115 Å². The van der Waals surface area contributed by atoms with E-state index >= 15 is 0 Å². The van der Waals surface area contributed by atoms with Crippen LogP contribution < -0.4 is 5.43 Å². The van der Waals surface area contributed by atoms with Crippen molar-refractivity contribution in [3.05, 3.63) is 67.1 Å². The summed E-state index contributed by atoms with van der Waals surface area (Å²) in [6.07, 6.45) is 3.26. The monoisotopic (exact) mass is 260 g/mol. The van der Waals surface area contributed by atoms with E-state index < -0.39 is 0 Å². The van der Waals surface area contributed by atoms with Crippen molar-refractivity contribution in [2.75, 3.05) is 5.43 Å². The van der Waals surface area contributed by atoms with Crippen molar-refractivity contribution < 1.29 is 0 Å². The van der Waals surface area contributed by atoms with E-state index in [9.17, 15) is 0 Å². The van der Waals surface area contributed by atoms with Crippen molar-refractivity contribution in [3.63, 3.8) is 0 Å². The summed E-state index contributed by atoms with van der Waals surface area (Å²) in [4.78, 5) is 8.16. The molecule has 0 saturated carbocycles. The number of hydrogen-bond acceptors (Lipinski definition) is 3. The standard InChI is InChI=1S/C16H12N4/c1-3-7-14-12(5-1)13-6-2-4-8-15(13)20(14)19-16-9-10-17-11-18-16/h1-11H,(H,17,18,19). The van der Waals surface area contributed by atoms with Crippen LogP contribution in [0.5, 0.6) is 0 Å². The van der Waals surface area contributed by atoms with E-state index in [1.807, 2.05) is 18.2 Å². The van der Waals surface area contributed by atoms with Crippen molar-refractivity contribution in [2.24, 2.45) is 0 Å². The maximum Gasteiger partial charge on any atom is 0.148 e. The molecule has 2 aromatic carbocycles. The van der Waals surface area contributed by atoms with Crippen LogP contribution in [0.1, 0.15) is 0 Å². The van der Waals surface area contributed by atoms with Gasteiger partial charge < -0.3 is 0 Å². The Bertz CT molecular complexity index is 827. The summed E-state index contributed by atoms with van der Waals surface area (Å²) in [5, 5.41) is 2.45. The van der Waals surface area contributed by atoms with Gasteiger partial charge >= 0.3 is 0 Å². The lowest BCUT2D eigenvalue weighted by atomic mass is 10.2. The first-order chi connectivity index (χ1) is 9.93. The van der Waals surface area contributed by atoms with E-state index in [1.54, 1.807) is 6.20 Å². The first kappa shape index (κ1) is 11.0. The van der Waals surface area contributed by atoms with E-state index in [4.69, 9.17) is 0 Å². The SMILES string of the molecule is c1ccc2c(c1)c1ccccc1n2Nc1ccncn1. The lowest BCUT2D eigenvalue weighted by Gasteiger charge is -2.09. The van der Waals surface area contributed by atoms with Gasteiger partial charge in [0.1, 0.15) is 12.1 Å². The quantitative estimate of drug-likeness (QED) is 0.600. The van der Waals surface area contributed by atoms with Crippen LogP contribution in [-0.4, -0.2) is 14.6 Å². The maximum atomic E-state index is 4.22. The van der Waals surface area contributed by atoms with Gasteiger partial charge in [-0.1, -0.05) is 36.4 Å². The number of aromatic nitrogens is 3. The van der Waals surface area contributed by atoms with Gasteiger partial charge in [-0.25, -0.2) is 9.97 Å². The summed E-state index contributed by atoms with van der Waals surface area (Å²) in [7, 11) is 0. The zero-order chi connectivity index (χ0) is 13.4. The number of para-hydroxylation sites is 2. The number of hydrogen-bond donors (Lipinski definition) is 1. The molecule has 0 atom stereocenters. The van der Waals surface area contributed by atoms with Crippen molar-refractivity contribution >= 4 is 27.6 Å². The molecule has 4 nitrogen and oxygen atoms in total. The molecule has 0 unspecified atom stereocenters. The highest BCUT2D eigenvalue weighted by molar-refractivity contribution is 6.08. The van der Waals surface area contributed by atoms with Crippen LogP contribution in [0.15, 0.2) is 67.1 Å². The van der Waals surface area contributed by atoms with Crippen LogP contribution in [0.3, 0.4) is 0 Å². The smallest absolute Gasteiger partial charge is 0.148 e. The average Bonchev–Trinajstić information content (AvgIpc) is 2.84. The summed E-state index contributed by atoms with van der Waals surface area (Å²) < 4.78 is 2.06. The Morgan fingerprint density at radius 3 is 2.05 bits per heavy atom. The second kappa shape index (κ2) is 4.35. The lowest BCUT2D eigenvalue weighted by molar-refractivity contribution is 1.02. The summed E-state index contributed by atoms with van der Waals surface area (Å²) in [5.74, 6) is 0.770. The Balaban J connectivity index is 2.00. The lowest BCUT2D eigenvalue weighted by Crippen LogP contribution is -2.09. The second-order valence-corrected chi connectivity index (χ2v) is 4.58. The van der Waals surface area contributed by atoms with Crippen LogP contribution in [0.4, 0.5) is 5.82 Å². The van der Waals surface area contributed by atoms with E-state index in [0.29, 0.717) is 0 Å². The highest BCUT2D eigenvalue weighted by atomic mass is 15.4. The third-order valence-corrected chi connectivity index (χ3v) is 3.39. The molecule has 2 aromatic heterocycles. The zero-order valence-electron chi connectivity index (χ0n) is 10.7. The highest BCUT2D eigenvalue weighted by Crippen LogP contribution is 2.28. The summed E-state index contributed by atoms with van der Waals surface area (Å²) in [5.41, 5.74) is 5.60. The molecule has 0 spiro atoms. The number of nitrogens with one attached hydrogen (secondary N) is 1. The third-order valence-electron chi connectivity index (χ3n) is 3.39. The van der Waals surface area contributed by atoms with E-state index in [0.717, 1.165) is 16.9 Å². The fourth-order valence-corrected chi connectivity index (χ4v) is 2.51. The number of nitrogens with zero attached hydrogens (tertiary/aromatic N) is 3. The first-order valence-corrected chi connectivity index (χ1v) is 6.45. The predicted molar refractivity (Wildman–Crippen MR) is 80.5 cm³/mol. The van der Waals surface area contributed by atoms with Crippen LogP contribution >= 0.6 is 0 Å². The van der Waals surface area contributed by atoms with Gasteiger partial charge in [-0.15, -0.1) is 0 Å². The Morgan fingerprint density at radius 2 is 1.45 bits per heavy atom. The molecule has 0 fully saturated rings. The van der Waals surface area contributed by atoms with E-state index in [1.165, 1.54) is 17.1 Å². The Kier molecular flexibility index (Phi) is 2.39. The first-order valence-electron chi connectivity index (χ1n) is 6.45. The molecule has 4 heteroatoms. The van der Waals surface area contributed by atoms with Gasteiger partial charge in [-0.05, 0) is 12.1 Å². The number of fused-ring (bicyclic) bond motifs is 3. The molecule has 4 rings (SSSR count). The van der Waals surface area contributed by atoms with Gasteiger partial charge in [-0.3, -0.25) is 10.1 Å². The third kappa shape index (κ3) is 1.62. The molecule has 2 heterocycles. The van der Waals surface area contributed by atoms with Gasteiger partial charge in [0.15, 0.2) is 0 Å². The Morgan fingerprint density at radius 1 is 0.800 bits per heavy atom. The zero-order valence-corrected chi connectivity index (χ0v) is 10.7. The number of rotatable bonds is 2. The molecule has 0 aliphatic rings. The van der Waals surface area contributed by atoms with Crippen LogP contribution in [0.25, 0.3) is 21.8 Å². The maximum absolute atomic E-state index is 4.22. The summed E-state index contributed by atoms with van der Waals surface area (Å²) in [6, 6.07) is 18.5. The van der Waals surface area contributed by atoms with E-state index in [-0.39, 0.29) is 0 Å². The summed E-state index contributed by atoms with van der Waals surface area (Å²) >= 11 is 0. The molecule has 4 aromatic rings. The minimum Gasteiger partial charge on any atom is -0.277 e. The van der Waals surface area contributed by atoms with Crippen molar-refractivity contribution in [2.45, 2.75) is 0 Å². The van der Waals surface area contributed by atoms with Crippen molar-refractivity contribution in [1.29, 1.82) is 0 Å². The predicted octanol–water partition coefficient (Wildman–Crippen LogP) is 3.46. The molecule has 0 radical (unpaired) electrons. The van der Waals surface area contributed by atoms with Gasteiger partial charge in [0.25, 0.3) is 0 Å². The molecular formula is C16H12N4. The van der Waals surface area contributed by atoms with E-state index in [2.05, 4.69) is 56.5 Å². The molecule has 1 N–H and O–H groups in total. The summed E-state index contributed by atoms with van der Waals surface area (Å²) in [6.45, 7) is 0. The van der Waals surface area contributed by atoms with Crippen LogP contribution in [-0.2, 0) is 0 Å². The minimum absolute atomic E-state index is 0.770. The minimum atomic E-state index is 0.770. The fraction of sp³-hybridized carbons (Fsp3) is 0. The second-order valence-electron chi connectivity index (χ2n) is 4.58. The molecule has 0 aliphatic carbocycles. The Hall–Kier alpha value is -2.88. The van der Waals surface area contributed by atoms with Crippen molar-refractivity contribution in [3.8, 4) is 0 Å². The van der Waals surface area contributed by atoms with Crippen LogP contribution in [0.2, 0.25) is 0 Å². The molecular weight excluding hydrogens is 248 g/mol. The van der Waals surface area contributed by atoms with Gasteiger partial charge in [0, 0.05) is 23.0 Å². The fourth-order valence-electron chi connectivity index (χ4n) is 2.51. The topological polar surface area (TPSA) is 42.7 Å². The highest BCUT2D eigenvalue weighted by Gasteiger charge is 2.09. The normalized spacial score (nSPS) is 11.0. The molecule has 0 amide bonds.